The molecule has 0 radical (unpaired) electrons. The Kier molecular flexibility index (Phi) is 3.46. The summed E-state index contributed by atoms with van der Waals surface area (Å²) in [6.45, 7) is 3.66. The van der Waals surface area contributed by atoms with Gasteiger partial charge in [0.2, 0.25) is 0 Å². The van der Waals surface area contributed by atoms with Crippen LogP contribution in [0.4, 0.5) is 4.39 Å². The molecule has 0 unspecified atom stereocenters. The van der Waals surface area contributed by atoms with Gasteiger partial charge in [0.05, 0.1) is 11.6 Å². The van der Waals surface area contributed by atoms with E-state index in [-0.39, 0.29) is 5.82 Å². The maximum atomic E-state index is 13.1. The van der Waals surface area contributed by atoms with E-state index in [0.717, 1.165) is 18.7 Å². The molecule has 1 N–H and O–H groups in total. The zero-order valence-corrected chi connectivity index (χ0v) is 9.77. The molecule has 0 atom stereocenters. The van der Waals surface area contributed by atoms with Crippen LogP contribution < -0.4 is 5.32 Å². The number of halogens is 2. The monoisotopic (exact) mass is 241 g/mol. The fourth-order valence-electron chi connectivity index (χ4n) is 1.60. The molecule has 0 fully saturated rings. The molecule has 0 aliphatic rings. The van der Waals surface area contributed by atoms with Crippen molar-refractivity contribution in [2.45, 2.75) is 19.9 Å². The van der Waals surface area contributed by atoms with Crippen molar-refractivity contribution in [2.75, 3.05) is 6.54 Å². The minimum Gasteiger partial charge on any atom is -0.458 e. The Morgan fingerprint density at radius 2 is 2.19 bits per heavy atom. The number of fused-ring (bicyclic) bond motifs is 1. The quantitative estimate of drug-likeness (QED) is 0.826. The third-order valence-corrected chi connectivity index (χ3v) is 2.59. The smallest absolute Gasteiger partial charge is 0.153 e. The number of benzene rings is 1. The molecule has 1 aromatic heterocycles. The third-order valence-electron chi connectivity index (χ3n) is 2.31. The second-order valence-corrected chi connectivity index (χ2v) is 4.10. The van der Waals surface area contributed by atoms with Crippen molar-refractivity contribution >= 4 is 22.6 Å². The molecule has 2 rings (SSSR count). The van der Waals surface area contributed by atoms with Gasteiger partial charge in [-0.15, -0.1) is 0 Å². The summed E-state index contributed by atoms with van der Waals surface area (Å²) in [6.07, 6.45) is 1.07. The summed E-state index contributed by atoms with van der Waals surface area (Å²) in [5.74, 6) is 0.433. The van der Waals surface area contributed by atoms with Crippen LogP contribution in [0.25, 0.3) is 11.0 Å². The highest BCUT2D eigenvalue weighted by atomic mass is 35.5. The van der Waals surface area contributed by atoms with Crippen LogP contribution in [0.1, 0.15) is 19.1 Å². The van der Waals surface area contributed by atoms with Crippen LogP contribution in [0.2, 0.25) is 5.02 Å². The van der Waals surface area contributed by atoms with Gasteiger partial charge in [0.15, 0.2) is 5.58 Å². The molecule has 1 aromatic carbocycles. The van der Waals surface area contributed by atoms with Crippen molar-refractivity contribution in [3.63, 3.8) is 0 Å². The van der Waals surface area contributed by atoms with Crippen molar-refractivity contribution in [3.8, 4) is 0 Å². The molecule has 0 bridgehead atoms. The molecule has 0 aliphatic carbocycles. The van der Waals surface area contributed by atoms with Gasteiger partial charge in [-0.1, -0.05) is 18.5 Å². The van der Waals surface area contributed by atoms with Crippen molar-refractivity contribution in [2.24, 2.45) is 0 Å². The van der Waals surface area contributed by atoms with E-state index in [4.69, 9.17) is 16.0 Å². The van der Waals surface area contributed by atoms with Crippen LogP contribution in [0.3, 0.4) is 0 Å². The number of furan rings is 1. The number of rotatable bonds is 4. The lowest BCUT2D eigenvalue weighted by molar-refractivity contribution is 0.513. The number of nitrogens with one attached hydrogen (secondary N) is 1. The summed E-state index contributed by atoms with van der Waals surface area (Å²) in [5, 5.41) is 4.24. The lowest BCUT2D eigenvalue weighted by Gasteiger charge is -1.97. The second-order valence-electron chi connectivity index (χ2n) is 3.70. The van der Waals surface area contributed by atoms with Crippen LogP contribution in [-0.4, -0.2) is 6.54 Å². The number of hydrogen-bond donors (Lipinski definition) is 1. The van der Waals surface area contributed by atoms with Crippen molar-refractivity contribution in [3.05, 3.63) is 34.8 Å². The van der Waals surface area contributed by atoms with E-state index in [1.807, 2.05) is 6.07 Å². The zero-order valence-electron chi connectivity index (χ0n) is 9.02. The highest BCUT2D eigenvalue weighted by molar-refractivity contribution is 6.34. The highest BCUT2D eigenvalue weighted by Gasteiger charge is 2.08. The Hall–Kier alpha value is -1.06. The average Bonchev–Trinajstić information content (AvgIpc) is 2.61. The minimum absolute atomic E-state index is 0.316. The lowest BCUT2D eigenvalue weighted by atomic mass is 10.2. The molecule has 86 valence electrons. The first-order chi connectivity index (χ1) is 7.70. The molecule has 0 spiro atoms. The van der Waals surface area contributed by atoms with E-state index >= 15 is 0 Å². The molecular weight excluding hydrogens is 229 g/mol. The molecule has 0 saturated carbocycles. The van der Waals surface area contributed by atoms with Gasteiger partial charge in [0, 0.05) is 5.39 Å². The van der Waals surface area contributed by atoms with Gasteiger partial charge in [-0.25, -0.2) is 4.39 Å². The molecule has 1 heterocycles. The van der Waals surface area contributed by atoms with E-state index in [1.54, 1.807) is 0 Å². The van der Waals surface area contributed by atoms with E-state index in [9.17, 15) is 4.39 Å². The van der Waals surface area contributed by atoms with Crippen LogP contribution >= 0.6 is 11.6 Å². The summed E-state index contributed by atoms with van der Waals surface area (Å²) in [6, 6.07) is 4.50. The first-order valence-electron chi connectivity index (χ1n) is 5.29. The third kappa shape index (κ3) is 2.36. The van der Waals surface area contributed by atoms with Gasteiger partial charge in [0.1, 0.15) is 11.6 Å². The summed E-state index contributed by atoms with van der Waals surface area (Å²) in [4.78, 5) is 0. The van der Waals surface area contributed by atoms with Gasteiger partial charge in [0.25, 0.3) is 0 Å². The predicted molar refractivity (Wildman–Crippen MR) is 63.2 cm³/mol. The van der Waals surface area contributed by atoms with E-state index in [0.29, 0.717) is 22.5 Å². The second kappa shape index (κ2) is 4.85. The standard InChI is InChI=1S/C12H13ClFNO/c1-2-3-15-7-10-5-8-4-9(14)6-11(13)12(8)16-10/h4-6,15H,2-3,7H2,1H3. The van der Waals surface area contributed by atoms with Gasteiger partial charge >= 0.3 is 0 Å². The summed E-state index contributed by atoms with van der Waals surface area (Å²) >= 11 is 5.88. The van der Waals surface area contributed by atoms with Crippen molar-refractivity contribution in [1.29, 1.82) is 0 Å². The molecule has 0 aliphatic heterocycles. The van der Waals surface area contributed by atoms with E-state index in [2.05, 4.69) is 12.2 Å². The Bertz CT molecular complexity index is 495. The van der Waals surface area contributed by atoms with Gasteiger partial charge < -0.3 is 9.73 Å². The summed E-state index contributed by atoms with van der Waals surface area (Å²) < 4.78 is 18.6. The molecular formula is C12H13ClFNO. The zero-order chi connectivity index (χ0) is 11.5. The first-order valence-corrected chi connectivity index (χ1v) is 5.66. The van der Waals surface area contributed by atoms with Crippen molar-refractivity contribution < 1.29 is 8.81 Å². The molecule has 16 heavy (non-hydrogen) atoms. The molecule has 2 aromatic rings. The Morgan fingerprint density at radius 3 is 2.94 bits per heavy atom. The van der Waals surface area contributed by atoms with Crippen LogP contribution in [-0.2, 0) is 6.54 Å². The van der Waals surface area contributed by atoms with E-state index < -0.39 is 0 Å². The largest absolute Gasteiger partial charge is 0.458 e. The van der Waals surface area contributed by atoms with Gasteiger partial charge in [-0.05, 0) is 31.2 Å². The lowest BCUT2D eigenvalue weighted by Crippen LogP contribution is -2.12. The average molecular weight is 242 g/mol. The SMILES string of the molecule is CCCNCc1cc2cc(F)cc(Cl)c2o1. The Balaban J connectivity index is 2.26. The van der Waals surface area contributed by atoms with Crippen molar-refractivity contribution in [1.82, 2.24) is 5.32 Å². The van der Waals surface area contributed by atoms with Crippen LogP contribution in [0.15, 0.2) is 22.6 Å². The normalized spacial score (nSPS) is 11.2. The molecule has 2 nitrogen and oxygen atoms in total. The highest BCUT2D eigenvalue weighted by Crippen LogP contribution is 2.27. The molecule has 4 heteroatoms. The maximum absolute atomic E-state index is 13.1. The first kappa shape index (κ1) is 11.4. The fourth-order valence-corrected chi connectivity index (χ4v) is 1.86. The summed E-state index contributed by atoms with van der Waals surface area (Å²) in [7, 11) is 0. The topological polar surface area (TPSA) is 25.2 Å². The summed E-state index contributed by atoms with van der Waals surface area (Å²) in [5.41, 5.74) is 0.552. The molecule has 0 saturated heterocycles. The Labute approximate surface area is 98.4 Å². The van der Waals surface area contributed by atoms with E-state index in [1.165, 1.54) is 12.1 Å². The van der Waals surface area contributed by atoms with Gasteiger partial charge in [-0.2, -0.15) is 0 Å². The minimum atomic E-state index is -0.341. The van der Waals surface area contributed by atoms with Crippen LogP contribution in [0, 0.1) is 5.82 Å². The predicted octanol–water partition coefficient (Wildman–Crippen LogP) is 3.72. The maximum Gasteiger partial charge on any atom is 0.153 e. The fraction of sp³-hybridized carbons (Fsp3) is 0.333. The van der Waals surface area contributed by atoms with Gasteiger partial charge in [-0.3, -0.25) is 0 Å². The number of hydrogen-bond acceptors (Lipinski definition) is 2. The van der Waals surface area contributed by atoms with Crippen LogP contribution in [0.5, 0.6) is 0 Å². The molecule has 0 amide bonds. The Morgan fingerprint density at radius 1 is 1.38 bits per heavy atom.